The second-order valence-electron chi connectivity index (χ2n) is 20.2. The standard InChI is InChI=1S/C16H23BBrClN2O2.C9H11BrClN.C8H7BrClNO.C8H8ClNO.C7H13BClNO2.C6H5BrClN.C6H6ClN/c1-11(2)21(15-5-4-13(19)10-14(15)18)16(22)12-6-8-20(9-7-12)17(3)23;1-6(2)12-9-4-3-7(11)5-8(9)10;1-5(12)11-8-3-2-6(10)4-7(8)9;1-6(11)10-8-4-2-7(9)3-5-8;1-8(12)10-4-2-6(3-5-10)7(9)11;7-5-3-4(8)1-2-6(5)9;7-5-1-3-6(8)4-2-5/h4-5,10-12,23H,6-9H2,1-3H3;3-6,12H,1-2H3;2-4H,1H3,(H,11,12);2-5H,1H3,(H,10,11);6,12H,2-5H2,1H3;1-3H,9H2;1-4H,8H2. The molecule has 0 unspecified atom stereocenters. The molecule has 6 aromatic rings. The maximum absolute atomic E-state index is 13.0. The lowest BCUT2D eigenvalue weighted by atomic mass is 9.80. The number of nitrogens with zero attached hydrogens (tertiary/aromatic N) is 3. The van der Waals surface area contributed by atoms with E-state index in [1.54, 1.807) is 105 Å². The highest BCUT2D eigenvalue weighted by Crippen LogP contribution is 2.34. The Kier molecular flexibility index (Phi) is 38.5. The van der Waals surface area contributed by atoms with Gasteiger partial charge >= 0.3 is 14.1 Å². The zero-order valence-corrected chi connectivity index (χ0v) is 61.0. The molecule has 2 saturated heterocycles. The first-order valence-corrected chi connectivity index (χ1v) is 33.1. The molecule has 0 aliphatic carbocycles. The third-order valence-corrected chi connectivity index (χ3v) is 16.7. The van der Waals surface area contributed by atoms with Gasteiger partial charge in [-0.2, -0.15) is 0 Å². The zero-order valence-electron chi connectivity index (χ0n) is 49.3. The van der Waals surface area contributed by atoms with Crippen LogP contribution in [0.15, 0.2) is 139 Å². The van der Waals surface area contributed by atoms with Crippen LogP contribution in [-0.4, -0.2) is 95.0 Å². The van der Waals surface area contributed by atoms with Crippen LogP contribution >= 0.6 is 145 Å². The summed E-state index contributed by atoms with van der Waals surface area (Å²) in [5, 5.41) is 31.3. The summed E-state index contributed by atoms with van der Waals surface area (Å²) in [4.78, 5) is 50.8. The summed E-state index contributed by atoms with van der Waals surface area (Å²) in [6, 6.07) is 36.2. The number of hydrogen-bond donors (Lipinski definition) is 7. The van der Waals surface area contributed by atoms with E-state index in [-0.39, 0.29) is 40.8 Å². The summed E-state index contributed by atoms with van der Waals surface area (Å²) >= 11 is 53.2. The van der Waals surface area contributed by atoms with Crippen LogP contribution in [0.1, 0.15) is 67.2 Å². The van der Waals surface area contributed by atoms with Crippen molar-refractivity contribution < 1.29 is 29.2 Å². The van der Waals surface area contributed by atoms with Gasteiger partial charge in [-0.25, -0.2) is 0 Å². The van der Waals surface area contributed by atoms with Crippen molar-refractivity contribution in [1.29, 1.82) is 0 Å². The number of benzene rings is 6. The highest BCUT2D eigenvalue weighted by atomic mass is 79.9. The number of halogens is 11. The van der Waals surface area contributed by atoms with Crippen LogP contribution in [0.3, 0.4) is 0 Å². The molecule has 472 valence electrons. The summed E-state index contributed by atoms with van der Waals surface area (Å²) in [6.45, 7) is 17.7. The van der Waals surface area contributed by atoms with E-state index in [2.05, 4.69) is 93.5 Å². The number of rotatable bonds is 10. The molecule has 2 fully saturated rings. The molecule has 9 N–H and O–H groups in total. The molecule has 6 aromatic carbocycles. The third-order valence-electron chi connectivity index (χ3n) is 12.3. The fourth-order valence-corrected chi connectivity index (χ4v) is 11.5. The first-order valence-electron chi connectivity index (χ1n) is 27.3. The number of carbonyl (C=O) groups is 4. The molecule has 0 saturated carbocycles. The maximum Gasteiger partial charge on any atom is 0.376 e. The van der Waals surface area contributed by atoms with Gasteiger partial charge in [-0.05, 0) is 290 Å². The Labute approximate surface area is 582 Å². The molecule has 14 nitrogen and oxygen atoms in total. The Balaban J connectivity index is 0.000000357. The van der Waals surface area contributed by atoms with Gasteiger partial charge in [0.15, 0.2) is 0 Å². The second-order valence-corrected chi connectivity index (χ2v) is 26.6. The summed E-state index contributed by atoms with van der Waals surface area (Å²) in [5.74, 6) is -0.0322. The van der Waals surface area contributed by atoms with Crippen molar-refractivity contribution in [3.8, 4) is 0 Å². The van der Waals surface area contributed by atoms with Crippen molar-refractivity contribution in [2.45, 2.75) is 93.0 Å². The number of carbonyl (C=O) groups excluding carboxylic acids is 4. The van der Waals surface area contributed by atoms with Crippen LogP contribution in [0.4, 0.5) is 34.1 Å². The SMILES string of the molecule is CB(O)N1CCC(C(=O)Cl)CC1.CB(O)N1CCC(C(=O)N(c2ccc(Cl)cc2Br)C(C)C)CC1.CC(=O)Nc1ccc(Cl)cc1.CC(=O)Nc1ccc(Cl)cc1Br.CC(C)Nc1ccc(Cl)cc1Br.Nc1ccc(Cl)cc1.Nc1ccc(Cl)cc1Br. The molecule has 0 atom stereocenters. The van der Waals surface area contributed by atoms with Crippen LogP contribution in [0.2, 0.25) is 43.8 Å². The predicted octanol–water partition coefficient (Wildman–Crippen LogP) is 18.1. The van der Waals surface area contributed by atoms with Gasteiger partial charge in [0.25, 0.3) is 0 Å². The van der Waals surface area contributed by atoms with Gasteiger partial charge in [-0.15, -0.1) is 0 Å². The average molecular weight is 1590 g/mol. The number of nitrogens with one attached hydrogen (secondary N) is 3. The lowest BCUT2D eigenvalue weighted by molar-refractivity contribution is -0.124. The molecule has 3 amide bonds. The summed E-state index contributed by atoms with van der Waals surface area (Å²) < 4.78 is 3.46. The molecule has 0 spiro atoms. The Hall–Kier alpha value is -3.28. The van der Waals surface area contributed by atoms with Gasteiger partial charge < -0.3 is 52.0 Å². The van der Waals surface area contributed by atoms with Crippen LogP contribution in [0, 0.1) is 11.8 Å². The van der Waals surface area contributed by atoms with Gasteiger partial charge in [-0.3, -0.25) is 19.2 Å². The minimum atomic E-state index is -0.447. The van der Waals surface area contributed by atoms with E-state index < -0.39 is 14.1 Å². The van der Waals surface area contributed by atoms with E-state index >= 15 is 0 Å². The second kappa shape index (κ2) is 42.0. The highest BCUT2D eigenvalue weighted by Gasteiger charge is 2.33. The van der Waals surface area contributed by atoms with Gasteiger partial charge in [0, 0.05) is 109 Å². The number of nitrogens with two attached hydrogens (primary N) is 2. The molecule has 2 aliphatic heterocycles. The number of hydrogen-bond acceptors (Lipinski definition) is 11. The summed E-state index contributed by atoms with van der Waals surface area (Å²) in [7, 11) is -0.853. The largest absolute Gasteiger partial charge is 0.437 e. The Bertz CT molecular complexity index is 3080. The monoisotopic (exact) mass is 1580 g/mol. The molecular weight excluding hydrogens is 1520 g/mol. The van der Waals surface area contributed by atoms with Crippen molar-refractivity contribution >= 4 is 216 Å². The highest BCUT2D eigenvalue weighted by molar-refractivity contribution is 9.11. The molecule has 0 aromatic heterocycles. The zero-order chi connectivity index (χ0) is 65.7. The summed E-state index contributed by atoms with van der Waals surface area (Å²) in [5.41, 5.74) is 15.7. The maximum atomic E-state index is 13.0. The van der Waals surface area contributed by atoms with E-state index in [9.17, 15) is 29.2 Å². The molecule has 8 rings (SSSR count). The van der Waals surface area contributed by atoms with E-state index in [1.165, 1.54) is 13.8 Å². The first-order chi connectivity index (χ1) is 40.8. The van der Waals surface area contributed by atoms with Gasteiger partial charge in [0.1, 0.15) is 0 Å². The first kappa shape index (κ1) is 79.8. The number of nitrogen functional groups attached to an aromatic ring is 2. The van der Waals surface area contributed by atoms with Crippen LogP contribution in [0.25, 0.3) is 0 Å². The Morgan fingerprint density at radius 3 is 1.28 bits per heavy atom. The van der Waals surface area contributed by atoms with Crippen molar-refractivity contribution in [3.05, 3.63) is 169 Å². The van der Waals surface area contributed by atoms with Gasteiger partial charge in [0.2, 0.25) is 23.0 Å². The van der Waals surface area contributed by atoms with Crippen molar-refractivity contribution in [2.75, 3.05) is 58.5 Å². The molecule has 27 heteroatoms. The Morgan fingerprint density at radius 1 is 0.540 bits per heavy atom. The van der Waals surface area contributed by atoms with Crippen molar-refractivity contribution in [3.63, 3.8) is 0 Å². The minimum absolute atomic E-state index is 0.00154. The topological polar surface area (TPSA) is 207 Å². The molecule has 2 aliphatic rings. The number of piperidine rings is 2. The van der Waals surface area contributed by atoms with Gasteiger partial charge in [0.05, 0.1) is 11.4 Å². The lowest BCUT2D eigenvalue weighted by Gasteiger charge is -2.36. The normalized spacial score (nSPS) is 13.0. The average Bonchev–Trinajstić information content (AvgIpc) is 1.92. The number of anilines is 6. The lowest BCUT2D eigenvalue weighted by Crippen LogP contribution is -2.48. The quantitative estimate of drug-likeness (QED) is 0.0390. The Morgan fingerprint density at radius 2 is 0.920 bits per heavy atom. The van der Waals surface area contributed by atoms with E-state index in [1.807, 2.05) is 58.7 Å². The smallest absolute Gasteiger partial charge is 0.376 e. The molecule has 0 radical (unpaired) electrons. The summed E-state index contributed by atoms with van der Waals surface area (Å²) in [6.07, 6.45) is 3.09. The fourth-order valence-electron chi connectivity index (χ4n) is 7.94. The molecule has 2 heterocycles. The van der Waals surface area contributed by atoms with Crippen molar-refractivity contribution in [1.82, 2.24) is 9.62 Å². The minimum Gasteiger partial charge on any atom is -0.437 e. The van der Waals surface area contributed by atoms with E-state index in [0.717, 1.165) is 108 Å². The van der Waals surface area contributed by atoms with Crippen LogP contribution in [0.5, 0.6) is 0 Å². The van der Waals surface area contributed by atoms with Crippen LogP contribution in [-0.2, 0) is 19.2 Å². The third kappa shape index (κ3) is 32.5. The molecule has 87 heavy (non-hydrogen) atoms. The van der Waals surface area contributed by atoms with E-state index in [0.29, 0.717) is 31.8 Å². The predicted molar refractivity (Wildman–Crippen MR) is 385 cm³/mol. The van der Waals surface area contributed by atoms with Crippen molar-refractivity contribution in [2.24, 2.45) is 11.8 Å². The van der Waals surface area contributed by atoms with Gasteiger partial charge in [-0.1, -0.05) is 69.6 Å². The molecule has 0 bridgehead atoms. The number of amides is 3. The fraction of sp³-hybridized carbons (Fsp3) is 0.333. The molecular formula is C60H73B2Br4Cl7N8O6. The van der Waals surface area contributed by atoms with Crippen LogP contribution < -0.4 is 32.3 Å². The van der Waals surface area contributed by atoms with E-state index in [4.69, 9.17) is 92.7 Å².